The van der Waals surface area contributed by atoms with Crippen LogP contribution in [0.5, 0.6) is 5.75 Å². The van der Waals surface area contributed by atoms with Gasteiger partial charge in [-0.1, -0.05) is 32.4 Å². The van der Waals surface area contributed by atoms with Gasteiger partial charge in [0.15, 0.2) is 0 Å². The Kier molecular flexibility index (Phi) is 3.87. The number of aliphatic hydroxyl groups is 1. The Bertz CT molecular complexity index is 801. The van der Waals surface area contributed by atoms with Crippen molar-refractivity contribution >= 4 is 0 Å². The van der Waals surface area contributed by atoms with Gasteiger partial charge < -0.3 is 14.7 Å². The van der Waals surface area contributed by atoms with Gasteiger partial charge in [-0.15, -0.1) is 0 Å². The summed E-state index contributed by atoms with van der Waals surface area (Å²) in [4.78, 5) is 2.37. The van der Waals surface area contributed by atoms with E-state index in [1.807, 2.05) is 0 Å². The topological polar surface area (TPSA) is 32.7 Å². The lowest BCUT2D eigenvalue weighted by atomic mass is 9.20. The number of nitrogens with zero attached hydrogens (tertiary/aromatic N) is 1. The van der Waals surface area contributed by atoms with E-state index in [-0.39, 0.29) is 0 Å². The molecular weight excluding hydrogens is 358 g/mol. The summed E-state index contributed by atoms with van der Waals surface area (Å²) in [5.74, 6) is 1.85. The van der Waals surface area contributed by atoms with Crippen LogP contribution in [0.4, 0.5) is 0 Å². The van der Waals surface area contributed by atoms with Gasteiger partial charge in [0.25, 0.3) is 0 Å². The van der Waals surface area contributed by atoms with Crippen LogP contribution < -0.4 is 4.74 Å². The van der Waals surface area contributed by atoms with Crippen LogP contribution in [0.3, 0.4) is 0 Å². The zero-order valence-corrected chi connectivity index (χ0v) is 18.3. The van der Waals surface area contributed by atoms with E-state index in [0.717, 1.165) is 31.3 Å². The summed E-state index contributed by atoms with van der Waals surface area (Å²) in [5, 5.41) is 10.4. The molecule has 2 bridgehead atoms. The second-order valence-electron chi connectivity index (χ2n) is 11.8. The second-order valence-corrected chi connectivity index (χ2v) is 11.8. The van der Waals surface area contributed by atoms with Gasteiger partial charge in [0, 0.05) is 12.0 Å². The molecule has 0 amide bonds. The lowest BCUT2D eigenvalue weighted by Crippen LogP contribution is -2.78. The minimum absolute atomic E-state index is 0.392. The Balaban J connectivity index is 1.12. The van der Waals surface area contributed by atoms with Gasteiger partial charge in [-0.05, 0) is 97.9 Å². The molecule has 5 aliphatic rings. The number of ether oxygens (including phenoxy) is 1. The first kappa shape index (κ1) is 18.7. The molecule has 4 aliphatic carbocycles. The molecule has 1 spiro atoms. The normalized spacial score (nSPS) is 46.0. The van der Waals surface area contributed by atoms with E-state index in [4.69, 9.17) is 4.74 Å². The Morgan fingerprint density at radius 3 is 2.45 bits per heavy atom. The van der Waals surface area contributed by atoms with Gasteiger partial charge in [-0.2, -0.15) is 0 Å². The van der Waals surface area contributed by atoms with Crippen LogP contribution in [0.1, 0.15) is 70.8 Å². The van der Waals surface area contributed by atoms with Crippen LogP contribution in [-0.4, -0.2) is 42.4 Å². The number of hydrogen-bond acceptors (Lipinski definition) is 3. The highest BCUT2D eigenvalue weighted by Crippen LogP contribution is 2.95. The minimum atomic E-state index is -0.404. The van der Waals surface area contributed by atoms with Gasteiger partial charge in [-0.3, -0.25) is 0 Å². The molecule has 1 aliphatic heterocycles. The van der Waals surface area contributed by atoms with E-state index in [2.05, 4.69) is 43.0 Å². The highest BCUT2D eigenvalue weighted by Gasteiger charge is 2.89. The summed E-state index contributed by atoms with van der Waals surface area (Å²) in [6.45, 7) is 8.53. The van der Waals surface area contributed by atoms with Gasteiger partial charge >= 0.3 is 0 Å². The van der Waals surface area contributed by atoms with E-state index < -0.39 is 6.10 Å². The van der Waals surface area contributed by atoms with Crippen molar-refractivity contribution in [3.8, 4) is 5.75 Å². The average Bonchev–Trinajstić information content (AvgIpc) is 3.15. The Morgan fingerprint density at radius 2 is 1.76 bits per heavy atom. The number of aliphatic hydroxyl groups excluding tert-OH is 1. The van der Waals surface area contributed by atoms with Gasteiger partial charge in [0.2, 0.25) is 0 Å². The van der Waals surface area contributed by atoms with E-state index in [9.17, 15) is 5.11 Å². The highest BCUT2D eigenvalue weighted by atomic mass is 16.5. The van der Waals surface area contributed by atoms with Crippen LogP contribution in [0.2, 0.25) is 0 Å². The first-order chi connectivity index (χ1) is 13.9. The van der Waals surface area contributed by atoms with Crippen LogP contribution in [-0.2, 0) is 5.41 Å². The zero-order chi connectivity index (χ0) is 19.9. The molecule has 29 heavy (non-hydrogen) atoms. The largest absolute Gasteiger partial charge is 0.491 e. The summed E-state index contributed by atoms with van der Waals surface area (Å²) < 4.78 is 5.96. The third kappa shape index (κ3) is 2.27. The molecule has 4 saturated carbocycles. The summed E-state index contributed by atoms with van der Waals surface area (Å²) in [7, 11) is 0. The number of benzene rings is 1. The summed E-state index contributed by atoms with van der Waals surface area (Å²) >= 11 is 0. The van der Waals surface area contributed by atoms with Crippen LogP contribution in [0, 0.1) is 22.2 Å². The van der Waals surface area contributed by atoms with Crippen molar-refractivity contribution in [3.63, 3.8) is 0 Å². The van der Waals surface area contributed by atoms with E-state index in [0.29, 0.717) is 28.3 Å². The number of likely N-dealkylation sites (tertiary alicyclic amines) is 1. The maximum absolute atomic E-state index is 10.4. The Morgan fingerprint density at radius 1 is 1.00 bits per heavy atom. The standard InChI is InChI=1S/C26H37NO2/c1-23-12-19-13-25(18-24(2,17-23)26(23,25)14-19)20-6-8-22(9-7-20)29-16-21(28)15-27-10-4-3-5-11-27/h6-9,19,21,28H,3-5,10-18H2,1-2H3/t19?,21-,23?,24?,25?,26?/m0/s1. The molecule has 1 aromatic carbocycles. The minimum Gasteiger partial charge on any atom is -0.491 e. The predicted octanol–water partition coefficient (Wildman–Crippen LogP) is 4.77. The molecule has 6 rings (SSSR count). The van der Waals surface area contributed by atoms with Crippen molar-refractivity contribution in [3.05, 3.63) is 29.8 Å². The fourth-order valence-corrected chi connectivity index (χ4v) is 9.85. The number of β-amino-alcohol motifs (C(OH)–C–C–N with tert-alkyl or cyclic N) is 1. The molecule has 5 unspecified atom stereocenters. The van der Waals surface area contributed by atoms with Gasteiger partial charge in [0.1, 0.15) is 18.5 Å². The van der Waals surface area contributed by atoms with Crippen molar-refractivity contribution in [1.82, 2.24) is 4.90 Å². The lowest BCUT2D eigenvalue weighted by Gasteiger charge is -2.83. The molecule has 1 N–H and O–H groups in total. The second kappa shape index (κ2) is 6.01. The fourth-order valence-electron chi connectivity index (χ4n) is 9.85. The molecule has 0 radical (unpaired) electrons. The molecule has 0 aromatic heterocycles. The molecular formula is C26H37NO2. The monoisotopic (exact) mass is 395 g/mol. The first-order valence-corrected chi connectivity index (χ1v) is 12.0. The SMILES string of the molecule is CC12CC3CC4(c5ccc(OC[C@@H](O)CN6CCCCC6)cc5)CC(C)(C1)C24C3. The van der Waals surface area contributed by atoms with Crippen molar-refractivity contribution < 1.29 is 9.84 Å². The van der Waals surface area contributed by atoms with Crippen LogP contribution >= 0.6 is 0 Å². The van der Waals surface area contributed by atoms with E-state index in [1.54, 1.807) is 5.56 Å². The van der Waals surface area contributed by atoms with Crippen molar-refractivity contribution in [2.45, 2.75) is 76.7 Å². The number of piperidine rings is 1. The maximum Gasteiger partial charge on any atom is 0.119 e. The van der Waals surface area contributed by atoms with Gasteiger partial charge in [-0.25, -0.2) is 0 Å². The molecule has 5 fully saturated rings. The van der Waals surface area contributed by atoms with Crippen molar-refractivity contribution in [1.29, 1.82) is 0 Å². The number of rotatable bonds is 6. The summed E-state index contributed by atoms with van der Waals surface area (Å²) in [6, 6.07) is 9.01. The smallest absolute Gasteiger partial charge is 0.119 e. The fraction of sp³-hybridized carbons (Fsp3) is 0.769. The molecule has 1 saturated heterocycles. The third-order valence-electron chi connectivity index (χ3n) is 10.1. The third-order valence-corrected chi connectivity index (χ3v) is 10.1. The van der Waals surface area contributed by atoms with Crippen molar-refractivity contribution in [2.75, 3.05) is 26.2 Å². The van der Waals surface area contributed by atoms with Crippen LogP contribution in [0.25, 0.3) is 0 Å². The number of fused-ring (bicyclic) bond motifs is 1. The van der Waals surface area contributed by atoms with E-state index >= 15 is 0 Å². The molecule has 1 heterocycles. The Labute approximate surface area is 175 Å². The van der Waals surface area contributed by atoms with Crippen LogP contribution in [0.15, 0.2) is 24.3 Å². The molecule has 1 aromatic rings. The molecule has 6 atom stereocenters. The van der Waals surface area contributed by atoms with Crippen molar-refractivity contribution in [2.24, 2.45) is 22.2 Å². The Hall–Kier alpha value is -1.06. The highest BCUT2D eigenvalue weighted by molar-refractivity contribution is 5.49. The first-order valence-electron chi connectivity index (χ1n) is 12.0. The average molecular weight is 396 g/mol. The van der Waals surface area contributed by atoms with Gasteiger partial charge in [0.05, 0.1) is 0 Å². The lowest BCUT2D eigenvalue weighted by molar-refractivity contribution is -0.317. The molecule has 158 valence electrons. The summed E-state index contributed by atoms with van der Waals surface area (Å²) in [6.07, 6.45) is 10.6. The molecule has 3 nitrogen and oxygen atoms in total. The molecule has 3 heteroatoms. The zero-order valence-electron chi connectivity index (χ0n) is 18.3. The number of hydrogen-bond donors (Lipinski definition) is 1. The van der Waals surface area contributed by atoms with E-state index in [1.165, 1.54) is 51.4 Å². The predicted molar refractivity (Wildman–Crippen MR) is 115 cm³/mol. The summed E-state index contributed by atoms with van der Waals surface area (Å²) in [5.41, 5.74) is 3.76. The quantitative estimate of drug-likeness (QED) is 0.753. The maximum atomic E-state index is 10.4.